The average Bonchev–Trinajstić information content (AvgIpc) is 2.74. The van der Waals surface area contributed by atoms with E-state index in [1.54, 1.807) is 12.1 Å². The molecule has 1 heterocycles. The van der Waals surface area contributed by atoms with E-state index < -0.39 is 48.1 Å². The molecule has 0 bridgehead atoms. The molecule has 2 rings (SSSR count). The molecule has 1 aliphatic heterocycles. The average molecular weight is 437 g/mol. The van der Waals surface area contributed by atoms with Gasteiger partial charge in [0.1, 0.15) is 30.0 Å². The van der Waals surface area contributed by atoms with Crippen molar-refractivity contribution in [2.24, 2.45) is 0 Å². The number of aliphatic hydroxyl groups is 1. The van der Waals surface area contributed by atoms with E-state index in [2.05, 4.69) is 10.6 Å². The van der Waals surface area contributed by atoms with Crippen LogP contribution >= 0.6 is 0 Å². The van der Waals surface area contributed by atoms with E-state index >= 15 is 0 Å². The summed E-state index contributed by atoms with van der Waals surface area (Å²) >= 11 is 0. The fourth-order valence-electron chi connectivity index (χ4n) is 3.86. The van der Waals surface area contributed by atoms with E-state index in [1.807, 2.05) is 0 Å². The number of amides is 2. The molecule has 0 spiro atoms. The van der Waals surface area contributed by atoms with Crippen molar-refractivity contribution >= 4 is 17.8 Å². The van der Waals surface area contributed by atoms with Crippen LogP contribution < -0.4 is 10.6 Å². The summed E-state index contributed by atoms with van der Waals surface area (Å²) < 4.78 is 5.55. The molecule has 0 unspecified atom stereocenters. The second-order valence-electron chi connectivity index (χ2n) is 7.62. The number of carboxylic acid groups (broad SMARTS) is 1. The van der Waals surface area contributed by atoms with Gasteiger partial charge in [-0.1, -0.05) is 12.1 Å². The first-order valence-electron chi connectivity index (χ1n) is 10.2. The van der Waals surface area contributed by atoms with Crippen molar-refractivity contribution < 1.29 is 34.4 Å². The number of ether oxygens (including phenoxy) is 1. The Labute approximate surface area is 181 Å². The third-order valence-corrected chi connectivity index (χ3v) is 5.49. The van der Waals surface area contributed by atoms with Crippen LogP contribution in [0.25, 0.3) is 0 Å². The number of phenols is 1. The Morgan fingerprint density at radius 1 is 1.16 bits per heavy atom. The number of nitrogens with one attached hydrogen (secondary N) is 2. The Morgan fingerprint density at radius 2 is 1.81 bits per heavy atom. The Hall–Kier alpha value is -2.69. The number of benzene rings is 1. The summed E-state index contributed by atoms with van der Waals surface area (Å²) in [6.07, 6.45) is -0.310. The van der Waals surface area contributed by atoms with Gasteiger partial charge in [-0.2, -0.15) is 0 Å². The third kappa shape index (κ3) is 5.93. The molecule has 10 heteroatoms. The van der Waals surface area contributed by atoms with Crippen LogP contribution in [0.3, 0.4) is 0 Å². The van der Waals surface area contributed by atoms with Gasteiger partial charge in [0.15, 0.2) is 0 Å². The van der Waals surface area contributed by atoms with E-state index in [9.17, 15) is 29.7 Å². The summed E-state index contributed by atoms with van der Waals surface area (Å²) in [5, 5.41) is 34.4. The molecule has 0 radical (unpaired) electrons. The molecule has 0 saturated carbocycles. The Bertz CT molecular complexity index is 769. The summed E-state index contributed by atoms with van der Waals surface area (Å²) in [4.78, 5) is 39.3. The van der Waals surface area contributed by atoms with Crippen LogP contribution in [-0.2, 0) is 19.1 Å². The number of piperidine rings is 1. The van der Waals surface area contributed by atoms with E-state index in [0.29, 0.717) is 24.8 Å². The molecule has 1 aromatic rings. The zero-order valence-electron chi connectivity index (χ0n) is 17.9. The number of hydrogen-bond donors (Lipinski definition) is 5. The number of rotatable bonds is 9. The van der Waals surface area contributed by atoms with Crippen LogP contribution in [0.1, 0.15) is 37.9 Å². The van der Waals surface area contributed by atoms with E-state index in [1.165, 1.54) is 38.1 Å². The molecule has 172 valence electrons. The van der Waals surface area contributed by atoms with Crippen molar-refractivity contribution in [3.8, 4) is 5.75 Å². The van der Waals surface area contributed by atoms with Gasteiger partial charge < -0.3 is 35.6 Å². The second kappa shape index (κ2) is 11.1. The first-order valence-corrected chi connectivity index (χ1v) is 10.2. The van der Waals surface area contributed by atoms with Gasteiger partial charge in [0.25, 0.3) is 0 Å². The molecule has 31 heavy (non-hydrogen) atoms. The number of likely N-dealkylation sites (N-methyl/N-ethyl adjacent to an activating group) is 1. The molecule has 5 atom stereocenters. The second-order valence-corrected chi connectivity index (χ2v) is 7.62. The minimum Gasteiger partial charge on any atom is -0.508 e. The molecule has 1 saturated heterocycles. The minimum atomic E-state index is -1.24. The van der Waals surface area contributed by atoms with Crippen LogP contribution in [0.4, 0.5) is 0 Å². The summed E-state index contributed by atoms with van der Waals surface area (Å²) in [6.45, 7) is 1.69. The molecule has 1 aromatic carbocycles. The van der Waals surface area contributed by atoms with Crippen molar-refractivity contribution in [1.29, 1.82) is 0 Å². The van der Waals surface area contributed by atoms with Crippen LogP contribution in [-0.4, -0.2) is 82.9 Å². The highest BCUT2D eigenvalue weighted by molar-refractivity contribution is 5.92. The van der Waals surface area contributed by atoms with Crippen molar-refractivity contribution in [1.82, 2.24) is 15.5 Å². The number of carboxylic acids is 1. The quantitative estimate of drug-likeness (QED) is 0.362. The Balaban J connectivity index is 2.42. The Morgan fingerprint density at radius 3 is 2.32 bits per heavy atom. The lowest BCUT2D eigenvalue weighted by molar-refractivity contribution is -0.155. The number of hydrogen-bond acceptors (Lipinski definition) is 7. The van der Waals surface area contributed by atoms with Crippen molar-refractivity contribution in [2.75, 3.05) is 20.7 Å². The predicted octanol–water partition coefficient (Wildman–Crippen LogP) is -0.001000. The SMILES string of the molecule is CN[C@H](C(=O)N[C@@H](C(=O)N1CCCC[C@H]1C(=O)O)[C@@H](OC)c1ccc(O)cc1)[C@@H](C)O. The monoisotopic (exact) mass is 437 g/mol. The largest absolute Gasteiger partial charge is 0.508 e. The number of carbonyl (C=O) groups is 3. The molecule has 0 aromatic heterocycles. The molecule has 1 aliphatic rings. The zero-order chi connectivity index (χ0) is 23.1. The lowest BCUT2D eigenvalue weighted by Crippen LogP contribution is -2.60. The minimum absolute atomic E-state index is 0.0249. The first kappa shape index (κ1) is 24.6. The van der Waals surface area contributed by atoms with E-state index in [0.717, 1.165) is 0 Å². The van der Waals surface area contributed by atoms with Crippen LogP contribution in [0.15, 0.2) is 24.3 Å². The van der Waals surface area contributed by atoms with Crippen LogP contribution in [0.2, 0.25) is 0 Å². The van der Waals surface area contributed by atoms with Gasteiger partial charge in [-0.15, -0.1) is 0 Å². The van der Waals surface area contributed by atoms with Gasteiger partial charge in [-0.25, -0.2) is 4.79 Å². The number of nitrogens with zero attached hydrogens (tertiary/aromatic N) is 1. The summed E-state index contributed by atoms with van der Waals surface area (Å²) in [6, 6.07) is 2.77. The highest BCUT2D eigenvalue weighted by Gasteiger charge is 2.41. The fourth-order valence-corrected chi connectivity index (χ4v) is 3.86. The van der Waals surface area contributed by atoms with Gasteiger partial charge >= 0.3 is 5.97 Å². The van der Waals surface area contributed by atoms with Gasteiger partial charge in [-0.05, 0) is 50.9 Å². The topological polar surface area (TPSA) is 148 Å². The number of phenolic OH excluding ortho intramolecular Hbond substituents is 1. The van der Waals surface area contributed by atoms with E-state index in [-0.39, 0.29) is 12.3 Å². The first-order chi connectivity index (χ1) is 14.7. The molecule has 1 fully saturated rings. The molecule has 10 nitrogen and oxygen atoms in total. The lowest BCUT2D eigenvalue weighted by atomic mass is 9.96. The zero-order valence-corrected chi connectivity index (χ0v) is 17.9. The van der Waals surface area contributed by atoms with Gasteiger partial charge in [0.2, 0.25) is 11.8 Å². The predicted molar refractivity (Wildman–Crippen MR) is 111 cm³/mol. The molecule has 5 N–H and O–H groups in total. The smallest absolute Gasteiger partial charge is 0.326 e. The van der Waals surface area contributed by atoms with Crippen molar-refractivity contribution in [3.05, 3.63) is 29.8 Å². The maximum absolute atomic E-state index is 13.5. The van der Waals surface area contributed by atoms with Crippen molar-refractivity contribution in [3.63, 3.8) is 0 Å². The highest BCUT2D eigenvalue weighted by Crippen LogP contribution is 2.27. The van der Waals surface area contributed by atoms with Crippen molar-refractivity contribution in [2.45, 2.75) is 56.5 Å². The lowest BCUT2D eigenvalue weighted by Gasteiger charge is -2.38. The standard InChI is InChI=1S/C21H31N3O7/c1-12(25)16(22-2)19(27)23-17(18(31-3)13-7-9-14(26)10-8-13)20(28)24-11-5-4-6-15(24)21(29)30/h7-10,12,15-18,22,25-26H,4-6,11H2,1-3H3,(H,23,27)(H,29,30)/t12-,15+,16+,17-,18+/m1/s1. The fraction of sp³-hybridized carbons (Fsp3) is 0.571. The van der Waals surface area contributed by atoms with Crippen LogP contribution in [0.5, 0.6) is 5.75 Å². The normalized spacial score (nSPS) is 20.4. The van der Waals surface area contributed by atoms with Gasteiger partial charge in [0.05, 0.1) is 6.10 Å². The summed E-state index contributed by atoms with van der Waals surface area (Å²) in [5.41, 5.74) is 0.515. The number of methoxy groups -OCH3 is 1. The summed E-state index contributed by atoms with van der Waals surface area (Å²) in [5.74, 6) is -2.29. The number of aliphatic hydroxyl groups excluding tert-OH is 1. The van der Waals surface area contributed by atoms with E-state index in [4.69, 9.17) is 4.74 Å². The molecular formula is C21H31N3O7. The van der Waals surface area contributed by atoms with Gasteiger partial charge in [0, 0.05) is 13.7 Å². The maximum atomic E-state index is 13.5. The van der Waals surface area contributed by atoms with Crippen LogP contribution in [0, 0.1) is 0 Å². The number of carbonyl (C=O) groups excluding carboxylic acids is 2. The maximum Gasteiger partial charge on any atom is 0.326 e. The Kier molecular flexibility index (Phi) is 8.78. The molecule has 2 amide bonds. The highest BCUT2D eigenvalue weighted by atomic mass is 16.5. The van der Waals surface area contributed by atoms with Gasteiger partial charge in [-0.3, -0.25) is 9.59 Å². The number of likely N-dealkylation sites (tertiary alicyclic amines) is 1. The summed E-state index contributed by atoms with van der Waals surface area (Å²) in [7, 11) is 2.88. The molecular weight excluding hydrogens is 406 g/mol. The third-order valence-electron chi connectivity index (χ3n) is 5.49. The number of aliphatic carboxylic acids is 1. The number of aromatic hydroxyl groups is 1. The molecule has 0 aliphatic carbocycles.